The molecule has 0 spiro atoms. The molecule has 170 valence electrons. The molecule has 2 heterocycles. The normalized spacial score (nSPS) is 17.0. The minimum absolute atomic E-state index is 0.0399. The minimum atomic E-state index is -0.745. The summed E-state index contributed by atoms with van der Waals surface area (Å²) in [5.41, 5.74) is 1.71. The van der Waals surface area contributed by atoms with Gasteiger partial charge >= 0.3 is 5.97 Å². The molecule has 0 aliphatic carbocycles. The first-order valence-corrected chi connectivity index (χ1v) is 10.8. The maximum Gasteiger partial charge on any atom is 0.337 e. The van der Waals surface area contributed by atoms with Gasteiger partial charge in [0.1, 0.15) is 5.82 Å². The molecule has 1 aromatic carbocycles. The van der Waals surface area contributed by atoms with Gasteiger partial charge in [-0.2, -0.15) is 5.06 Å². The van der Waals surface area contributed by atoms with Crippen LogP contribution >= 0.6 is 0 Å². The van der Waals surface area contributed by atoms with Gasteiger partial charge in [0, 0.05) is 31.8 Å². The van der Waals surface area contributed by atoms with E-state index < -0.39 is 17.7 Å². The molecule has 1 fully saturated rings. The SMILES string of the molecule is CC(=O)NCC(Cc1cccc(F)c1)C(=O)ON1CCC[C@@H](CCc2ccncc2)C1=O. The Balaban J connectivity index is 1.61. The van der Waals surface area contributed by atoms with Crippen molar-refractivity contribution >= 4 is 17.8 Å². The van der Waals surface area contributed by atoms with Gasteiger partial charge in [-0.15, -0.1) is 0 Å². The van der Waals surface area contributed by atoms with Gasteiger partial charge in [-0.3, -0.25) is 14.6 Å². The fourth-order valence-corrected chi connectivity index (χ4v) is 3.80. The summed E-state index contributed by atoms with van der Waals surface area (Å²) in [5, 5.41) is 3.76. The number of aromatic nitrogens is 1. The Hall–Kier alpha value is -3.29. The minimum Gasteiger partial charge on any atom is -0.355 e. The maximum atomic E-state index is 13.6. The number of hydrogen-bond donors (Lipinski definition) is 1. The van der Waals surface area contributed by atoms with E-state index in [1.807, 2.05) is 12.1 Å². The van der Waals surface area contributed by atoms with Crippen LogP contribution in [0.2, 0.25) is 0 Å². The lowest BCUT2D eigenvalue weighted by Gasteiger charge is -2.31. The summed E-state index contributed by atoms with van der Waals surface area (Å²) in [5.74, 6) is -2.48. The van der Waals surface area contributed by atoms with Crippen LogP contribution in [-0.2, 0) is 32.1 Å². The quantitative estimate of drug-likeness (QED) is 0.647. The van der Waals surface area contributed by atoms with Crippen molar-refractivity contribution in [2.75, 3.05) is 13.1 Å². The van der Waals surface area contributed by atoms with E-state index in [0.717, 1.165) is 29.9 Å². The van der Waals surface area contributed by atoms with Crippen LogP contribution in [0.4, 0.5) is 4.39 Å². The molecular formula is C24H28FN3O4. The zero-order chi connectivity index (χ0) is 22.9. The molecule has 0 radical (unpaired) electrons. The van der Waals surface area contributed by atoms with Crippen molar-refractivity contribution < 1.29 is 23.6 Å². The molecule has 7 nitrogen and oxygen atoms in total. The fraction of sp³-hybridized carbons (Fsp3) is 0.417. The Bertz CT molecular complexity index is 938. The van der Waals surface area contributed by atoms with Crippen molar-refractivity contribution in [1.29, 1.82) is 0 Å². The summed E-state index contributed by atoms with van der Waals surface area (Å²) in [7, 11) is 0. The summed E-state index contributed by atoms with van der Waals surface area (Å²) in [6.07, 6.45) is 6.52. The average molecular weight is 442 g/mol. The van der Waals surface area contributed by atoms with E-state index in [0.29, 0.717) is 18.5 Å². The maximum absolute atomic E-state index is 13.6. The third-order valence-electron chi connectivity index (χ3n) is 5.54. The Kier molecular flexibility index (Phi) is 8.30. The predicted octanol–water partition coefficient (Wildman–Crippen LogP) is 2.85. The number of carbonyl (C=O) groups is 3. The van der Waals surface area contributed by atoms with Crippen molar-refractivity contribution in [3.8, 4) is 0 Å². The fourth-order valence-electron chi connectivity index (χ4n) is 3.80. The highest BCUT2D eigenvalue weighted by Gasteiger charge is 2.33. The van der Waals surface area contributed by atoms with E-state index in [-0.39, 0.29) is 30.7 Å². The molecular weight excluding hydrogens is 413 g/mol. The molecule has 32 heavy (non-hydrogen) atoms. The van der Waals surface area contributed by atoms with Gasteiger partial charge < -0.3 is 10.2 Å². The van der Waals surface area contributed by atoms with Crippen LogP contribution in [0.15, 0.2) is 48.8 Å². The number of benzene rings is 1. The Morgan fingerprint density at radius 2 is 2.03 bits per heavy atom. The molecule has 2 aromatic rings. The van der Waals surface area contributed by atoms with E-state index in [1.165, 1.54) is 19.1 Å². The molecule has 3 rings (SSSR count). The van der Waals surface area contributed by atoms with E-state index in [2.05, 4.69) is 10.3 Å². The molecule has 1 aliphatic heterocycles. The highest BCUT2D eigenvalue weighted by molar-refractivity contribution is 5.82. The van der Waals surface area contributed by atoms with Gasteiger partial charge in [0.25, 0.3) is 5.91 Å². The summed E-state index contributed by atoms with van der Waals surface area (Å²) in [6.45, 7) is 1.73. The van der Waals surface area contributed by atoms with Crippen molar-refractivity contribution in [3.63, 3.8) is 0 Å². The van der Waals surface area contributed by atoms with Crippen LogP contribution in [-0.4, -0.2) is 40.9 Å². The summed E-state index contributed by atoms with van der Waals surface area (Å²) in [4.78, 5) is 46.6. The topological polar surface area (TPSA) is 88.6 Å². The summed E-state index contributed by atoms with van der Waals surface area (Å²) in [6, 6.07) is 9.78. The number of piperidine rings is 1. The first-order chi connectivity index (χ1) is 15.4. The second-order valence-corrected chi connectivity index (χ2v) is 8.05. The summed E-state index contributed by atoms with van der Waals surface area (Å²) >= 11 is 0. The van der Waals surface area contributed by atoms with Crippen LogP contribution in [0, 0.1) is 17.7 Å². The first kappa shape index (κ1) is 23.4. The molecule has 0 bridgehead atoms. The molecule has 1 unspecified atom stereocenters. The average Bonchev–Trinajstić information content (AvgIpc) is 2.77. The molecule has 2 atom stereocenters. The lowest BCUT2D eigenvalue weighted by atomic mass is 9.92. The second-order valence-electron chi connectivity index (χ2n) is 8.05. The monoisotopic (exact) mass is 441 g/mol. The largest absolute Gasteiger partial charge is 0.355 e. The zero-order valence-corrected chi connectivity index (χ0v) is 18.1. The first-order valence-electron chi connectivity index (χ1n) is 10.8. The number of nitrogens with one attached hydrogen (secondary N) is 1. The van der Waals surface area contributed by atoms with Crippen LogP contribution in [0.5, 0.6) is 0 Å². The molecule has 0 saturated carbocycles. The van der Waals surface area contributed by atoms with Gasteiger partial charge in [-0.1, -0.05) is 12.1 Å². The van der Waals surface area contributed by atoms with Gasteiger partial charge in [-0.05, 0) is 67.5 Å². The molecule has 1 saturated heterocycles. The number of amides is 2. The van der Waals surface area contributed by atoms with E-state index in [9.17, 15) is 18.8 Å². The number of hydrogen-bond acceptors (Lipinski definition) is 5. The number of aryl methyl sites for hydroxylation is 1. The molecule has 8 heteroatoms. The zero-order valence-electron chi connectivity index (χ0n) is 18.1. The number of hydroxylamine groups is 2. The Labute approximate surface area is 186 Å². The Morgan fingerprint density at radius 3 is 2.75 bits per heavy atom. The van der Waals surface area contributed by atoms with Gasteiger partial charge in [0.05, 0.1) is 12.5 Å². The van der Waals surface area contributed by atoms with Crippen molar-refractivity contribution in [3.05, 3.63) is 65.7 Å². The van der Waals surface area contributed by atoms with Crippen LogP contribution < -0.4 is 5.32 Å². The van der Waals surface area contributed by atoms with Crippen molar-refractivity contribution in [2.24, 2.45) is 11.8 Å². The standard InChI is InChI=1S/C24H28FN3O4/c1-17(29)27-16-21(14-19-4-2-6-22(25)15-19)24(31)32-28-13-3-5-20(23(28)30)8-7-18-9-11-26-12-10-18/h2,4,6,9-12,15,20-21H,3,5,7-8,13-14,16H2,1H3,(H,27,29)/t20-,21?/m0/s1. The smallest absolute Gasteiger partial charge is 0.337 e. The number of carbonyl (C=O) groups excluding carboxylic acids is 3. The predicted molar refractivity (Wildman–Crippen MR) is 115 cm³/mol. The highest BCUT2D eigenvalue weighted by Crippen LogP contribution is 2.24. The Morgan fingerprint density at radius 1 is 1.25 bits per heavy atom. The number of pyridine rings is 1. The molecule has 1 N–H and O–H groups in total. The third-order valence-corrected chi connectivity index (χ3v) is 5.54. The van der Waals surface area contributed by atoms with Crippen molar-refractivity contribution in [1.82, 2.24) is 15.4 Å². The van der Waals surface area contributed by atoms with Crippen LogP contribution in [0.3, 0.4) is 0 Å². The molecule has 1 aliphatic rings. The molecule has 2 amide bonds. The third kappa shape index (κ3) is 6.87. The van der Waals surface area contributed by atoms with Crippen molar-refractivity contribution in [2.45, 2.75) is 39.0 Å². The molecule has 1 aromatic heterocycles. The second kappa shape index (κ2) is 11.4. The lowest BCUT2D eigenvalue weighted by Crippen LogP contribution is -2.45. The van der Waals surface area contributed by atoms with Crippen LogP contribution in [0.1, 0.15) is 37.3 Å². The van der Waals surface area contributed by atoms with E-state index in [4.69, 9.17) is 4.84 Å². The van der Waals surface area contributed by atoms with Gasteiger partial charge in [0.15, 0.2) is 0 Å². The summed E-state index contributed by atoms with van der Waals surface area (Å²) < 4.78 is 13.6. The number of halogens is 1. The van der Waals surface area contributed by atoms with Gasteiger partial charge in [-0.25, -0.2) is 9.18 Å². The lowest BCUT2D eigenvalue weighted by molar-refractivity contribution is -0.208. The number of rotatable bonds is 9. The van der Waals surface area contributed by atoms with Gasteiger partial charge in [0.2, 0.25) is 5.91 Å². The highest BCUT2D eigenvalue weighted by atomic mass is 19.1. The van der Waals surface area contributed by atoms with Crippen LogP contribution in [0.25, 0.3) is 0 Å². The van der Waals surface area contributed by atoms with E-state index in [1.54, 1.807) is 24.5 Å². The number of nitrogens with zero attached hydrogens (tertiary/aromatic N) is 2. The van der Waals surface area contributed by atoms with E-state index >= 15 is 0 Å².